The third-order valence-corrected chi connectivity index (χ3v) is 6.44. The smallest absolute Gasteiger partial charge is 0.161 e. The number of benzene rings is 3. The van der Waals surface area contributed by atoms with Gasteiger partial charge < -0.3 is 0 Å². The van der Waals surface area contributed by atoms with E-state index in [0.717, 1.165) is 46.5 Å². The molecular weight excluding hydrogens is 438 g/mol. The van der Waals surface area contributed by atoms with Gasteiger partial charge >= 0.3 is 0 Å². The zero-order chi connectivity index (χ0) is 23.5. The average molecular weight is 464 g/mol. The lowest BCUT2D eigenvalue weighted by atomic mass is 9.99. The highest BCUT2D eigenvalue weighted by molar-refractivity contribution is 6.31. The summed E-state index contributed by atoms with van der Waals surface area (Å²) >= 11 is 6.52. The van der Waals surface area contributed by atoms with E-state index < -0.39 is 0 Å². The third-order valence-electron chi connectivity index (χ3n) is 6.22. The summed E-state index contributed by atoms with van der Waals surface area (Å²) in [5.74, 6) is 1.24. The van der Waals surface area contributed by atoms with Crippen molar-refractivity contribution in [1.82, 2.24) is 0 Å². The third kappa shape index (κ3) is 4.57. The molecule has 0 heterocycles. The standard InChI is InChI=1S/C30H26ClN3/c1-20-9-8-13-23(15-20)29(32-2)34-30(21-10-4-3-5-11-21)33-19-25-18-26(31)17-24-16-22-12-6-7-14-27(22)28(24)25/h4,6-15,17-18H,2-3,5,16,19H2,1H3. The maximum absolute atomic E-state index is 6.52. The molecule has 168 valence electrons. The van der Waals surface area contributed by atoms with E-state index in [0.29, 0.717) is 18.2 Å². The predicted octanol–water partition coefficient (Wildman–Crippen LogP) is 7.54. The van der Waals surface area contributed by atoms with Crippen molar-refractivity contribution in [3.63, 3.8) is 0 Å². The van der Waals surface area contributed by atoms with Crippen LogP contribution in [-0.4, -0.2) is 18.4 Å². The molecule has 3 aromatic carbocycles. The Labute approximate surface area is 206 Å². The molecule has 0 spiro atoms. The number of amidine groups is 2. The van der Waals surface area contributed by atoms with Gasteiger partial charge in [0.2, 0.25) is 0 Å². The van der Waals surface area contributed by atoms with Crippen molar-refractivity contribution in [1.29, 1.82) is 0 Å². The Bertz CT molecular complexity index is 1390. The van der Waals surface area contributed by atoms with Gasteiger partial charge in [0.05, 0.1) is 6.54 Å². The number of halogens is 1. The monoisotopic (exact) mass is 463 g/mol. The number of nitrogens with zero attached hydrogens (tertiary/aromatic N) is 3. The number of fused-ring (bicyclic) bond motifs is 3. The summed E-state index contributed by atoms with van der Waals surface area (Å²) in [5, 5.41) is 0.742. The highest BCUT2D eigenvalue weighted by Gasteiger charge is 2.22. The first kappa shape index (κ1) is 22.2. The van der Waals surface area contributed by atoms with E-state index in [4.69, 9.17) is 21.6 Å². The lowest BCUT2D eigenvalue weighted by Crippen LogP contribution is -2.07. The van der Waals surface area contributed by atoms with Gasteiger partial charge in [0.15, 0.2) is 11.7 Å². The Kier molecular flexibility index (Phi) is 6.37. The molecule has 4 heteroatoms. The molecule has 0 fully saturated rings. The van der Waals surface area contributed by atoms with Crippen LogP contribution in [0.2, 0.25) is 5.02 Å². The van der Waals surface area contributed by atoms with Crippen LogP contribution in [0.25, 0.3) is 11.1 Å². The molecule has 0 unspecified atom stereocenters. The first-order valence-corrected chi connectivity index (χ1v) is 11.9. The molecule has 0 saturated heterocycles. The molecule has 0 radical (unpaired) electrons. The SMILES string of the molecule is C=NC(=NC(=NCc1cc(Cl)cc2c1-c1ccccc1C2)C1=CCCC=C1)c1cccc(C)c1. The van der Waals surface area contributed by atoms with E-state index in [-0.39, 0.29) is 0 Å². The van der Waals surface area contributed by atoms with Crippen LogP contribution in [-0.2, 0) is 13.0 Å². The summed E-state index contributed by atoms with van der Waals surface area (Å²) < 4.78 is 0. The van der Waals surface area contributed by atoms with Crippen molar-refractivity contribution in [3.8, 4) is 11.1 Å². The van der Waals surface area contributed by atoms with Crippen molar-refractivity contribution >= 4 is 30.0 Å². The molecule has 3 aromatic rings. The van der Waals surface area contributed by atoms with Crippen LogP contribution in [0.1, 0.15) is 40.7 Å². The van der Waals surface area contributed by atoms with Crippen molar-refractivity contribution in [2.75, 3.05) is 0 Å². The van der Waals surface area contributed by atoms with Gasteiger partial charge in [-0.15, -0.1) is 0 Å². The van der Waals surface area contributed by atoms with Crippen LogP contribution in [0.15, 0.2) is 99.4 Å². The van der Waals surface area contributed by atoms with Crippen LogP contribution < -0.4 is 0 Å². The Morgan fingerprint density at radius 1 is 0.971 bits per heavy atom. The quantitative estimate of drug-likeness (QED) is 0.221. The number of aryl methyl sites for hydroxylation is 1. The maximum Gasteiger partial charge on any atom is 0.161 e. The summed E-state index contributed by atoms with van der Waals surface area (Å²) in [6.07, 6.45) is 9.36. The fraction of sp³-hybridized carbons (Fsp3) is 0.167. The van der Waals surface area contributed by atoms with Gasteiger partial charge in [-0.2, -0.15) is 0 Å². The van der Waals surface area contributed by atoms with E-state index in [1.807, 2.05) is 18.2 Å². The van der Waals surface area contributed by atoms with E-state index in [2.05, 4.69) is 79.3 Å². The summed E-state index contributed by atoms with van der Waals surface area (Å²) in [5.41, 5.74) is 9.32. The Morgan fingerprint density at radius 2 is 1.85 bits per heavy atom. The van der Waals surface area contributed by atoms with Crippen LogP contribution in [0.3, 0.4) is 0 Å². The van der Waals surface area contributed by atoms with E-state index in [9.17, 15) is 0 Å². The molecule has 0 aliphatic heterocycles. The Morgan fingerprint density at radius 3 is 2.65 bits per heavy atom. The zero-order valence-electron chi connectivity index (χ0n) is 19.3. The fourth-order valence-electron chi connectivity index (χ4n) is 4.66. The van der Waals surface area contributed by atoms with Crippen LogP contribution in [0, 0.1) is 6.92 Å². The minimum atomic E-state index is 0.486. The second-order valence-electron chi connectivity index (χ2n) is 8.67. The molecule has 5 rings (SSSR count). The normalized spacial score (nSPS) is 15.1. The number of aliphatic imine (C=N–C) groups is 3. The van der Waals surface area contributed by atoms with Gasteiger partial charge in [0.1, 0.15) is 0 Å². The van der Waals surface area contributed by atoms with E-state index in [1.54, 1.807) is 0 Å². The van der Waals surface area contributed by atoms with Gasteiger partial charge in [-0.1, -0.05) is 77.9 Å². The Balaban J connectivity index is 1.58. The highest BCUT2D eigenvalue weighted by Crippen LogP contribution is 2.40. The molecule has 0 atom stereocenters. The van der Waals surface area contributed by atoms with Gasteiger partial charge in [-0.3, -0.25) is 4.99 Å². The van der Waals surface area contributed by atoms with Crippen LogP contribution in [0.4, 0.5) is 0 Å². The van der Waals surface area contributed by atoms with Gasteiger partial charge in [-0.25, -0.2) is 9.98 Å². The van der Waals surface area contributed by atoms with E-state index in [1.165, 1.54) is 22.3 Å². The molecule has 2 aliphatic rings. The first-order chi connectivity index (χ1) is 16.6. The molecule has 34 heavy (non-hydrogen) atoms. The minimum absolute atomic E-state index is 0.486. The minimum Gasteiger partial charge on any atom is -0.261 e. The van der Waals surface area contributed by atoms with Gasteiger partial charge in [-0.05, 0) is 78.9 Å². The summed E-state index contributed by atoms with van der Waals surface area (Å²) in [6.45, 7) is 6.32. The molecule has 0 saturated carbocycles. The zero-order valence-corrected chi connectivity index (χ0v) is 20.0. The summed E-state index contributed by atoms with van der Waals surface area (Å²) in [7, 11) is 0. The predicted molar refractivity (Wildman–Crippen MR) is 145 cm³/mol. The number of hydrogen-bond acceptors (Lipinski definition) is 1. The van der Waals surface area contributed by atoms with Crippen molar-refractivity contribution in [2.45, 2.75) is 32.7 Å². The number of allylic oxidation sites excluding steroid dienone is 2. The topological polar surface area (TPSA) is 37.1 Å². The van der Waals surface area contributed by atoms with Crippen LogP contribution in [0.5, 0.6) is 0 Å². The fourth-order valence-corrected chi connectivity index (χ4v) is 4.93. The molecule has 0 N–H and O–H groups in total. The molecule has 0 aromatic heterocycles. The molecule has 2 aliphatic carbocycles. The summed E-state index contributed by atoms with van der Waals surface area (Å²) in [4.78, 5) is 14.1. The maximum atomic E-state index is 6.52. The number of hydrogen-bond donors (Lipinski definition) is 0. The van der Waals surface area contributed by atoms with Crippen molar-refractivity contribution in [2.24, 2.45) is 15.0 Å². The average Bonchev–Trinajstić information content (AvgIpc) is 3.23. The lowest BCUT2D eigenvalue weighted by Gasteiger charge is -2.12. The van der Waals surface area contributed by atoms with Crippen molar-refractivity contribution in [3.05, 3.63) is 117 Å². The largest absolute Gasteiger partial charge is 0.261 e. The number of rotatable bonds is 4. The van der Waals surface area contributed by atoms with Crippen LogP contribution >= 0.6 is 11.6 Å². The molecule has 0 amide bonds. The molecule has 3 nitrogen and oxygen atoms in total. The second kappa shape index (κ2) is 9.74. The first-order valence-electron chi connectivity index (χ1n) is 11.6. The summed E-state index contributed by atoms with van der Waals surface area (Å²) in [6, 6.07) is 20.8. The van der Waals surface area contributed by atoms with Gasteiger partial charge in [0, 0.05) is 16.2 Å². The molecular formula is C30H26ClN3. The van der Waals surface area contributed by atoms with Crippen molar-refractivity contribution < 1.29 is 0 Å². The Hall–Kier alpha value is -3.56. The van der Waals surface area contributed by atoms with Gasteiger partial charge in [0.25, 0.3) is 0 Å². The lowest BCUT2D eigenvalue weighted by molar-refractivity contribution is 1.02. The molecule has 0 bridgehead atoms. The van der Waals surface area contributed by atoms with E-state index >= 15 is 0 Å². The second-order valence-corrected chi connectivity index (χ2v) is 9.11. The highest BCUT2D eigenvalue weighted by atomic mass is 35.5.